The zero-order valence-electron chi connectivity index (χ0n) is 11.9. The molecule has 5 heteroatoms. The van der Waals surface area contributed by atoms with E-state index >= 15 is 0 Å². The molecular weight excluding hydrogens is 254 g/mol. The Morgan fingerprint density at radius 1 is 1.35 bits per heavy atom. The Morgan fingerprint density at radius 2 is 2.05 bits per heavy atom. The molecule has 0 unspecified atom stereocenters. The molecule has 0 aliphatic heterocycles. The van der Waals surface area contributed by atoms with Crippen LogP contribution in [-0.2, 0) is 0 Å². The number of aromatic nitrogens is 2. The average molecular weight is 273 g/mol. The highest BCUT2D eigenvalue weighted by Gasteiger charge is 2.09. The van der Waals surface area contributed by atoms with Gasteiger partial charge in [0, 0.05) is 11.1 Å². The maximum absolute atomic E-state index is 12.0. The summed E-state index contributed by atoms with van der Waals surface area (Å²) in [4.78, 5) is 12.0. The third-order valence-electron chi connectivity index (χ3n) is 2.77. The van der Waals surface area contributed by atoms with E-state index in [2.05, 4.69) is 29.4 Å². The minimum absolute atomic E-state index is 0.173. The largest absolute Gasteiger partial charge is 0.493 e. The molecule has 2 rings (SSSR count). The maximum Gasteiger partial charge on any atom is 0.256 e. The quantitative estimate of drug-likeness (QED) is 0.880. The van der Waals surface area contributed by atoms with Crippen LogP contribution in [0.15, 0.2) is 30.5 Å². The van der Waals surface area contributed by atoms with Gasteiger partial charge in [0.15, 0.2) is 0 Å². The molecule has 1 aromatic heterocycles. The summed E-state index contributed by atoms with van der Waals surface area (Å²) in [6.07, 6.45) is 1.67. The van der Waals surface area contributed by atoms with E-state index in [0.717, 1.165) is 11.3 Å². The standard InChI is InChI=1S/C15H19N3O2/c1-10(2)9-20-13-6-4-12(5-7-13)15(19)17-14-11(3)8-16-18-14/h4-8,10H,9H2,1-3H3,(H2,16,17,18,19). The third kappa shape index (κ3) is 3.60. The Balaban J connectivity index is 1.99. The minimum Gasteiger partial charge on any atom is -0.493 e. The second-order valence-corrected chi connectivity index (χ2v) is 5.11. The Morgan fingerprint density at radius 3 is 2.60 bits per heavy atom. The predicted octanol–water partition coefficient (Wildman–Crippen LogP) is 3.01. The van der Waals surface area contributed by atoms with Gasteiger partial charge in [-0.05, 0) is 37.1 Å². The van der Waals surface area contributed by atoms with Gasteiger partial charge in [-0.15, -0.1) is 0 Å². The summed E-state index contributed by atoms with van der Waals surface area (Å²) in [7, 11) is 0. The molecule has 0 fully saturated rings. The number of benzene rings is 1. The van der Waals surface area contributed by atoms with Crippen molar-refractivity contribution in [3.63, 3.8) is 0 Å². The first-order chi connectivity index (χ1) is 9.56. The lowest BCUT2D eigenvalue weighted by atomic mass is 10.2. The fraction of sp³-hybridized carbons (Fsp3) is 0.333. The summed E-state index contributed by atoms with van der Waals surface area (Å²) in [6, 6.07) is 7.10. The SMILES string of the molecule is Cc1cn[nH]c1NC(=O)c1ccc(OCC(C)C)cc1. The van der Waals surface area contributed by atoms with Gasteiger partial charge in [0.25, 0.3) is 5.91 Å². The van der Waals surface area contributed by atoms with Gasteiger partial charge in [0.05, 0.1) is 12.8 Å². The van der Waals surface area contributed by atoms with Crippen molar-refractivity contribution in [2.75, 3.05) is 11.9 Å². The molecule has 0 saturated heterocycles. The number of rotatable bonds is 5. The number of anilines is 1. The third-order valence-corrected chi connectivity index (χ3v) is 2.77. The lowest BCUT2D eigenvalue weighted by molar-refractivity contribution is 0.102. The second-order valence-electron chi connectivity index (χ2n) is 5.11. The Kier molecular flexibility index (Phi) is 4.40. The smallest absolute Gasteiger partial charge is 0.256 e. The molecule has 106 valence electrons. The normalized spacial score (nSPS) is 10.6. The van der Waals surface area contributed by atoms with Crippen LogP contribution in [0.2, 0.25) is 0 Å². The molecule has 1 amide bonds. The number of amides is 1. The van der Waals surface area contributed by atoms with Gasteiger partial charge >= 0.3 is 0 Å². The van der Waals surface area contributed by atoms with E-state index in [1.165, 1.54) is 0 Å². The molecule has 0 saturated carbocycles. The van der Waals surface area contributed by atoms with E-state index in [1.807, 2.05) is 6.92 Å². The lowest BCUT2D eigenvalue weighted by Gasteiger charge is -2.09. The first-order valence-electron chi connectivity index (χ1n) is 6.60. The summed E-state index contributed by atoms with van der Waals surface area (Å²) < 4.78 is 5.58. The number of aromatic amines is 1. The van der Waals surface area contributed by atoms with Crippen LogP contribution in [0.1, 0.15) is 29.8 Å². The first-order valence-corrected chi connectivity index (χ1v) is 6.60. The van der Waals surface area contributed by atoms with E-state index in [1.54, 1.807) is 30.5 Å². The monoisotopic (exact) mass is 273 g/mol. The molecule has 1 aromatic carbocycles. The van der Waals surface area contributed by atoms with Gasteiger partial charge in [-0.2, -0.15) is 5.10 Å². The molecule has 0 atom stereocenters. The molecule has 0 spiro atoms. The maximum atomic E-state index is 12.0. The molecule has 2 aromatic rings. The highest BCUT2D eigenvalue weighted by Crippen LogP contribution is 2.15. The van der Waals surface area contributed by atoms with Gasteiger partial charge < -0.3 is 10.1 Å². The second kappa shape index (κ2) is 6.23. The summed E-state index contributed by atoms with van der Waals surface area (Å²) in [5.41, 5.74) is 1.48. The summed E-state index contributed by atoms with van der Waals surface area (Å²) in [5, 5.41) is 9.39. The van der Waals surface area contributed by atoms with E-state index < -0.39 is 0 Å². The number of nitrogens with zero attached hydrogens (tertiary/aromatic N) is 1. The summed E-state index contributed by atoms with van der Waals surface area (Å²) >= 11 is 0. The molecule has 2 N–H and O–H groups in total. The van der Waals surface area contributed by atoms with Gasteiger partial charge in [0.2, 0.25) is 0 Å². The number of ether oxygens (including phenoxy) is 1. The van der Waals surface area contributed by atoms with Crippen molar-refractivity contribution >= 4 is 11.7 Å². The number of carbonyl (C=O) groups excluding carboxylic acids is 1. The summed E-state index contributed by atoms with van der Waals surface area (Å²) in [5.74, 6) is 1.69. The minimum atomic E-state index is -0.173. The van der Waals surface area contributed by atoms with Crippen molar-refractivity contribution in [3.8, 4) is 5.75 Å². The van der Waals surface area contributed by atoms with Crippen LogP contribution in [0, 0.1) is 12.8 Å². The molecule has 0 aliphatic carbocycles. The van der Waals surface area contributed by atoms with Crippen molar-refractivity contribution in [2.45, 2.75) is 20.8 Å². The van der Waals surface area contributed by atoms with E-state index in [4.69, 9.17) is 4.74 Å². The number of H-pyrrole nitrogens is 1. The average Bonchev–Trinajstić information content (AvgIpc) is 2.82. The van der Waals surface area contributed by atoms with Gasteiger partial charge in [-0.25, -0.2) is 0 Å². The van der Waals surface area contributed by atoms with Crippen LogP contribution in [-0.4, -0.2) is 22.7 Å². The van der Waals surface area contributed by atoms with Gasteiger partial charge in [-0.1, -0.05) is 13.8 Å². The molecule has 1 heterocycles. The number of nitrogens with one attached hydrogen (secondary N) is 2. The topological polar surface area (TPSA) is 67.0 Å². The Labute approximate surface area is 118 Å². The van der Waals surface area contributed by atoms with Crippen molar-refractivity contribution in [1.82, 2.24) is 10.2 Å². The van der Waals surface area contributed by atoms with Crippen molar-refractivity contribution < 1.29 is 9.53 Å². The fourth-order valence-corrected chi connectivity index (χ4v) is 1.62. The Hall–Kier alpha value is -2.30. The Bertz CT molecular complexity index is 573. The highest BCUT2D eigenvalue weighted by atomic mass is 16.5. The zero-order chi connectivity index (χ0) is 14.5. The van der Waals surface area contributed by atoms with Gasteiger partial charge in [-0.3, -0.25) is 9.89 Å². The van der Waals surface area contributed by atoms with Crippen molar-refractivity contribution in [1.29, 1.82) is 0 Å². The van der Waals surface area contributed by atoms with Crippen molar-refractivity contribution in [3.05, 3.63) is 41.6 Å². The fourth-order valence-electron chi connectivity index (χ4n) is 1.62. The molecule has 0 bridgehead atoms. The van der Waals surface area contributed by atoms with Crippen LogP contribution in [0.25, 0.3) is 0 Å². The van der Waals surface area contributed by atoms with Crippen LogP contribution >= 0.6 is 0 Å². The van der Waals surface area contributed by atoms with E-state index in [-0.39, 0.29) is 5.91 Å². The van der Waals surface area contributed by atoms with Crippen LogP contribution in [0.3, 0.4) is 0 Å². The predicted molar refractivity (Wildman–Crippen MR) is 78.1 cm³/mol. The van der Waals surface area contributed by atoms with Crippen LogP contribution in [0.5, 0.6) is 5.75 Å². The first kappa shape index (κ1) is 14.1. The van der Waals surface area contributed by atoms with Crippen LogP contribution < -0.4 is 10.1 Å². The highest BCUT2D eigenvalue weighted by molar-refractivity contribution is 6.04. The molecule has 5 nitrogen and oxygen atoms in total. The number of aryl methyl sites for hydroxylation is 1. The number of hydrogen-bond donors (Lipinski definition) is 2. The van der Waals surface area contributed by atoms with Crippen molar-refractivity contribution in [2.24, 2.45) is 5.92 Å². The summed E-state index contributed by atoms with van der Waals surface area (Å²) in [6.45, 7) is 6.73. The molecular formula is C15H19N3O2. The number of carbonyl (C=O) groups is 1. The van der Waals surface area contributed by atoms with Crippen LogP contribution in [0.4, 0.5) is 5.82 Å². The molecule has 20 heavy (non-hydrogen) atoms. The molecule has 0 radical (unpaired) electrons. The molecule has 0 aliphatic rings. The van der Waals surface area contributed by atoms with E-state index in [9.17, 15) is 4.79 Å². The number of hydrogen-bond acceptors (Lipinski definition) is 3. The van der Waals surface area contributed by atoms with E-state index in [0.29, 0.717) is 23.9 Å². The lowest BCUT2D eigenvalue weighted by Crippen LogP contribution is -2.13. The van der Waals surface area contributed by atoms with Gasteiger partial charge in [0.1, 0.15) is 11.6 Å². The zero-order valence-corrected chi connectivity index (χ0v) is 11.9.